The van der Waals surface area contributed by atoms with Crippen LogP contribution in [0.15, 0.2) is 48.5 Å². The first-order valence-electron chi connectivity index (χ1n) is 12.6. The third-order valence-electron chi connectivity index (χ3n) is 7.51. The molecule has 5 rings (SSSR count). The summed E-state index contributed by atoms with van der Waals surface area (Å²) >= 11 is 0. The molecule has 0 aliphatic carbocycles. The van der Waals surface area contributed by atoms with Crippen LogP contribution in [0, 0.1) is 0 Å². The van der Waals surface area contributed by atoms with E-state index in [0.29, 0.717) is 0 Å². The molecule has 0 bridgehead atoms. The van der Waals surface area contributed by atoms with Crippen LogP contribution in [-0.2, 0) is 24.3 Å². The number of para-hydroxylation sites is 3. The van der Waals surface area contributed by atoms with Crippen molar-refractivity contribution in [2.45, 2.75) is 39.3 Å². The summed E-state index contributed by atoms with van der Waals surface area (Å²) in [5.41, 5.74) is 5.31. The average Bonchev–Trinajstić information content (AvgIpc) is 3.20. The van der Waals surface area contributed by atoms with Crippen molar-refractivity contribution in [1.82, 2.24) is 14.4 Å². The largest absolute Gasteiger partial charge is 0.495 e. The zero-order valence-corrected chi connectivity index (χ0v) is 20.5. The van der Waals surface area contributed by atoms with Gasteiger partial charge in [0.15, 0.2) is 0 Å². The van der Waals surface area contributed by atoms with Gasteiger partial charge >= 0.3 is 0 Å². The highest BCUT2D eigenvalue weighted by Gasteiger charge is 2.25. The molecule has 0 radical (unpaired) electrons. The Morgan fingerprint density at radius 1 is 0.912 bits per heavy atom. The van der Waals surface area contributed by atoms with Crippen LogP contribution in [0.4, 0.5) is 5.69 Å². The van der Waals surface area contributed by atoms with E-state index in [2.05, 4.69) is 50.8 Å². The molecule has 1 fully saturated rings. The minimum absolute atomic E-state index is 0.174. The standard InChI is InChI=1S/C28H36N4O2/c1-22(33)31-16-13-26-24(21-31)23-9-3-4-10-25(23)32(26)15-8-7-14-29-17-19-30(20-18-29)27-11-5-6-12-28(27)34-2/h3-6,9-12H,7-8,13-21H2,1-2H3. The van der Waals surface area contributed by atoms with Gasteiger partial charge in [0.2, 0.25) is 5.91 Å². The van der Waals surface area contributed by atoms with E-state index in [1.165, 1.54) is 40.7 Å². The monoisotopic (exact) mass is 460 g/mol. The number of rotatable bonds is 7. The number of piperazine rings is 1. The predicted molar refractivity (Wildman–Crippen MR) is 138 cm³/mol. The first-order chi connectivity index (χ1) is 16.7. The maximum atomic E-state index is 12.0. The molecule has 2 aliphatic heterocycles. The van der Waals surface area contributed by atoms with Gasteiger partial charge in [-0.05, 0) is 37.6 Å². The molecule has 3 aromatic rings. The normalized spacial score (nSPS) is 16.6. The van der Waals surface area contributed by atoms with Crippen molar-refractivity contribution in [3.8, 4) is 5.75 Å². The number of nitrogens with zero attached hydrogens (tertiary/aromatic N) is 4. The Balaban J connectivity index is 1.16. The maximum Gasteiger partial charge on any atom is 0.219 e. The first-order valence-corrected chi connectivity index (χ1v) is 12.6. The topological polar surface area (TPSA) is 41.0 Å². The van der Waals surface area contributed by atoms with Crippen molar-refractivity contribution in [3.63, 3.8) is 0 Å². The van der Waals surface area contributed by atoms with Crippen molar-refractivity contribution in [2.75, 3.05) is 51.3 Å². The Bertz CT molecular complexity index is 1150. The Labute approximate surface area is 202 Å². The first kappa shape index (κ1) is 22.8. The Morgan fingerprint density at radius 3 is 2.44 bits per heavy atom. The molecule has 34 heavy (non-hydrogen) atoms. The molecule has 2 aliphatic rings. The maximum absolute atomic E-state index is 12.0. The summed E-state index contributed by atoms with van der Waals surface area (Å²) in [4.78, 5) is 19.0. The van der Waals surface area contributed by atoms with Crippen LogP contribution in [0.3, 0.4) is 0 Å². The van der Waals surface area contributed by atoms with E-state index in [0.717, 1.165) is 64.5 Å². The van der Waals surface area contributed by atoms with Gasteiger partial charge in [-0.15, -0.1) is 0 Å². The number of carbonyl (C=O) groups is 1. The number of benzene rings is 2. The van der Waals surface area contributed by atoms with E-state index < -0.39 is 0 Å². The third-order valence-corrected chi connectivity index (χ3v) is 7.51. The van der Waals surface area contributed by atoms with Gasteiger partial charge in [0.25, 0.3) is 0 Å². The second-order valence-corrected chi connectivity index (χ2v) is 9.49. The van der Waals surface area contributed by atoms with Crippen LogP contribution < -0.4 is 9.64 Å². The van der Waals surface area contributed by atoms with Gasteiger partial charge in [-0.25, -0.2) is 0 Å². The van der Waals surface area contributed by atoms with E-state index in [9.17, 15) is 4.79 Å². The zero-order chi connectivity index (χ0) is 23.5. The van der Waals surface area contributed by atoms with Crippen LogP contribution in [0.5, 0.6) is 5.75 Å². The van der Waals surface area contributed by atoms with Crippen LogP contribution in [0.2, 0.25) is 0 Å². The molecule has 3 heterocycles. The molecule has 0 spiro atoms. The number of hydrogen-bond donors (Lipinski definition) is 0. The van der Waals surface area contributed by atoms with Crippen molar-refractivity contribution in [1.29, 1.82) is 0 Å². The summed E-state index contributed by atoms with van der Waals surface area (Å²) in [6, 6.07) is 17.0. The fourth-order valence-electron chi connectivity index (χ4n) is 5.63. The molecule has 1 amide bonds. The SMILES string of the molecule is COc1ccccc1N1CCN(CCCCn2c3c(c4ccccc42)CN(C(C)=O)CC3)CC1. The van der Waals surface area contributed by atoms with Crippen molar-refractivity contribution in [3.05, 3.63) is 59.8 Å². The van der Waals surface area contributed by atoms with Gasteiger partial charge in [-0.1, -0.05) is 30.3 Å². The van der Waals surface area contributed by atoms with E-state index in [-0.39, 0.29) is 5.91 Å². The molecule has 0 saturated carbocycles. The van der Waals surface area contributed by atoms with Crippen LogP contribution >= 0.6 is 0 Å². The molecular weight excluding hydrogens is 424 g/mol. The molecular formula is C28H36N4O2. The number of fused-ring (bicyclic) bond motifs is 3. The molecule has 180 valence electrons. The van der Waals surface area contributed by atoms with Gasteiger partial charge in [0.05, 0.1) is 12.8 Å². The van der Waals surface area contributed by atoms with Gasteiger partial charge in [0.1, 0.15) is 5.75 Å². The highest BCUT2D eigenvalue weighted by Crippen LogP contribution is 2.32. The fourth-order valence-corrected chi connectivity index (χ4v) is 5.63. The molecule has 6 heteroatoms. The van der Waals surface area contributed by atoms with E-state index >= 15 is 0 Å². The number of anilines is 1. The highest BCUT2D eigenvalue weighted by molar-refractivity contribution is 5.86. The van der Waals surface area contributed by atoms with E-state index in [1.807, 2.05) is 17.0 Å². The summed E-state index contributed by atoms with van der Waals surface area (Å²) in [7, 11) is 1.75. The average molecular weight is 461 g/mol. The van der Waals surface area contributed by atoms with Crippen LogP contribution in [0.25, 0.3) is 10.9 Å². The summed E-state index contributed by atoms with van der Waals surface area (Å²) < 4.78 is 8.08. The summed E-state index contributed by atoms with van der Waals surface area (Å²) in [6.07, 6.45) is 3.33. The van der Waals surface area contributed by atoms with Crippen molar-refractivity contribution < 1.29 is 9.53 Å². The van der Waals surface area contributed by atoms with Crippen molar-refractivity contribution in [2.24, 2.45) is 0 Å². The molecule has 6 nitrogen and oxygen atoms in total. The second kappa shape index (κ2) is 10.1. The number of carbonyl (C=O) groups excluding carboxylic acids is 1. The highest BCUT2D eigenvalue weighted by atomic mass is 16.5. The second-order valence-electron chi connectivity index (χ2n) is 9.49. The lowest BCUT2D eigenvalue weighted by molar-refractivity contribution is -0.129. The Morgan fingerprint density at radius 2 is 1.65 bits per heavy atom. The Kier molecular flexibility index (Phi) is 6.77. The van der Waals surface area contributed by atoms with Gasteiger partial charge in [-0.2, -0.15) is 0 Å². The Hall–Kier alpha value is -2.99. The predicted octanol–water partition coefficient (Wildman–Crippen LogP) is 4.16. The van der Waals surface area contributed by atoms with Crippen LogP contribution in [0.1, 0.15) is 31.0 Å². The van der Waals surface area contributed by atoms with E-state index in [1.54, 1.807) is 14.0 Å². The fraction of sp³-hybridized carbons (Fsp3) is 0.464. The summed E-state index contributed by atoms with van der Waals surface area (Å²) in [6.45, 7) is 9.74. The molecule has 0 atom stereocenters. The minimum Gasteiger partial charge on any atom is -0.495 e. The molecule has 2 aromatic carbocycles. The zero-order valence-electron chi connectivity index (χ0n) is 20.5. The number of unbranched alkanes of at least 4 members (excludes halogenated alkanes) is 1. The molecule has 0 N–H and O–H groups in total. The van der Waals surface area contributed by atoms with Gasteiger partial charge in [-0.3, -0.25) is 9.69 Å². The smallest absolute Gasteiger partial charge is 0.219 e. The number of aromatic nitrogens is 1. The number of hydrogen-bond acceptors (Lipinski definition) is 4. The van der Waals surface area contributed by atoms with Crippen LogP contribution in [-0.4, -0.2) is 66.7 Å². The quantitative estimate of drug-likeness (QED) is 0.497. The summed E-state index contributed by atoms with van der Waals surface area (Å²) in [5.74, 6) is 1.14. The number of aryl methyl sites for hydroxylation is 1. The van der Waals surface area contributed by atoms with E-state index in [4.69, 9.17) is 4.74 Å². The minimum atomic E-state index is 0.174. The van der Waals surface area contributed by atoms with Gasteiger partial charge < -0.3 is 19.1 Å². The lowest BCUT2D eigenvalue weighted by Crippen LogP contribution is -2.46. The molecule has 1 saturated heterocycles. The number of ether oxygens (including phenoxy) is 1. The molecule has 0 unspecified atom stereocenters. The lowest BCUT2D eigenvalue weighted by atomic mass is 10.0. The third kappa shape index (κ3) is 4.51. The molecule has 1 aromatic heterocycles. The lowest BCUT2D eigenvalue weighted by Gasteiger charge is -2.36. The number of amides is 1. The van der Waals surface area contributed by atoms with Crippen molar-refractivity contribution >= 4 is 22.5 Å². The van der Waals surface area contributed by atoms with Gasteiger partial charge in [0, 0.05) is 81.3 Å². The number of methoxy groups -OCH3 is 1. The summed E-state index contributed by atoms with van der Waals surface area (Å²) in [5, 5.41) is 1.32.